The molecule has 0 fully saturated rings. The van der Waals surface area contributed by atoms with E-state index in [1.54, 1.807) is 30.3 Å². The van der Waals surface area contributed by atoms with Crippen LogP contribution in [0.25, 0.3) is 10.6 Å². The Labute approximate surface area is 179 Å². The standard InChI is InChI=1S/C25H30ClNO2/c1-5-19(6-2)24(25(26)21-9-13-22(28)14-10-21)20-11-15-23(16-12-20)29-18-17-27(7-3)8-4/h5-6,9-16,28H,1,7-8,17-18H2,2-4H3. The summed E-state index contributed by atoms with van der Waals surface area (Å²) in [6.07, 6.45) is 3.78. The van der Waals surface area contributed by atoms with Gasteiger partial charge in [-0.3, -0.25) is 0 Å². The lowest BCUT2D eigenvalue weighted by Gasteiger charge is -2.18. The van der Waals surface area contributed by atoms with E-state index in [9.17, 15) is 5.11 Å². The number of rotatable bonds is 10. The van der Waals surface area contributed by atoms with Crippen molar-refractivity contribution in [1.29, 1.82) is 0 Å². The van der Waals surface area contributed by atoms with Gasteiger partial charge in [0, 0.05) is 12.1 Å². The topological polar surface area (TPSA) is 32.7 Å². The van der Waals surface area contributed by atoms with Crippen molar-refractivity contribution in [2.75, 3.05) is 26.2 Å². The molecule has 0 unspecified atom stereocenters. The monoisotopic (exact) mass is 411 g/mol. The summed E-state index contributed by atoms with van der Waals surface area (Å²) in [5.74, 6) is 1.04. The van der Waals surface area contributed by atoms with Gasteiger partial charge in [-0.05, 0) is 73.1 Å². The van der Waals surface area contributed by atoms with E-state index in [2.05, 4.69) is 25.3 Å². The second kappa shape index (κ2) is 11.5. The molecule has 154 valence electrons. The first-order valence-corrected chi connectivity index (χ1v) is 10.4. The molecular weight excluding hydrogens is 382 g/mol. The van der Waals surface area contributed by atoms with Gasteiger partial charge in [-0.2, -0.15) is 0 Å². The van der Waals surface area contributed by atoms with E-state index in [1.807, 2.05) is 37.3 Å². The number of likely N-dealkylation sites (N-methyl/N-ethyl adjacent to an activating group) is 1. The first-order chi connectivity index (χ1) is 14.0. The van der Waals surface area contributed by atoms with Crippen molar-refractivity contribution in [3.8, 4) is 11.5 Å². The third-order valence-corrected chi connectivity index (χ3v) is 5.28. The van der Waals surface area contributed by atoms with Gasteiger partial charge in [-0.25, -0.2) is 0 Å². The number of phenols is 1. The molecule has 29 heavy (non-hydrogen) atoms. The average Bonchev–Trinajstić information content (AvgIpc) is 2.75. The molecule has 0 spiro atoms. The van der Waals surface area contributed by atoms with E-state index in [0.717, 1.165) is 47.7 Å². The van der Waals surface area contributed by atoms with Crippen LogP contribution in [0.5, 0.6) is 11.5 Å². The Morgan fingerprint density at radius 3 is 2.14 bits per heavy atom. The molecule has 0 heterocycles. The van der Waals surface area contributed by atoms with Crippen LogP contribution in [0.1, 0.15) is 31.9 Å². The minimum absolute atomic E-state index is 0.209. The number of ether oxygens (including phenoxy) is 1. The number of allylic oxidation sites excluding steroid dienone is 4. The number of hydrogen-bond donors (Lipinski definition) is 1. The Balaban J connectivity index is 2.29. The minimum Gasteiger partial charge on any atom is -0.508 e. The van der Waals surface area contributed by atoms with Gasteiger partial charge in [0.15, 0.2) is 0 Å². The number of hydrogen-bond acceptors (Lipinski definition) is 3. The fourth-order valence-electron chi connectivity index (χ4n) is 3.09. The molecule has 0 aliphatic carbocycles. The van der Waals surface area contributed by atoms with Gasteiger partial charge in [-0.1, -0.05) is 56.3 Å². The maximum Gasteiger partial charge on any atom is 0.119 e. The van der Waals surface area contributed by atoms with Crippen LogP contribution in [0.2, 0.25) is 0 Å². The molecule has 1 N–H and O–H groups in total. The van der Waals surface area contributed by atoms with Gasteiger partial charge in [0.2, 0.25) is 0 Å². The van der Waals surface area contributed by atoms with Crippen LogP contribution in [0.15, 0.2) is 72.8 Å². The van der Waals surface area contributed by atoms with E-state index in [0.29, 0.717) is 11.6 Å². The smallest absolute Gasteiger partial charge is 0.119 e. The third kappa shape index (κ3) is 6.25. The molecule has 0 atom stereocenters. The zero-order valence-corrected chi connectivity index (χ0v) is 18.2. The fourth-order valence-corrected chi connectivity index (χ4v) is 3.43. The van der Waals surface area contributed by atoms with Gasteiger partial charge in [0.25, 0.3) is 0 Å². The maximum atomic E-state index is 9.56. The summed E-state index contributed by atoms with van der Waals surface area (Å²) in [4.78, 5) is 2.33. The Kier molecular flexibility index (Phi) is 9.04. The maximum absolute atomic E-state index is 9.56. The predicted molar refractivity (Wildman–Crippen MR) is 124 cm³/mol. The lowest BCUT2D eigenvalue weighted by molar-refractivity contribution is 0.223. The Bertz CT molecular complexity index is 847. The Morgan fingerprint density at radius 1 is 1.03 bits per heavy atom. The summed E-state index contributed by atoms with van der Waals surface area (Å²) in [5, 5.41) is 10.2. The summed E-state index contributed by atoms with van der Waals surface area (Å²) < 4.78 is 5.89. The van der Waals surface area contributed by atoms with Crippen LogP contribution >= 0.6 is 11.6 Å². The molecule has 4 heteroatoms. The number of benzene rings is 2. The van der Waals surface area contributed by atoms with E-state index in [-0.39, 0.29) is 5.75 Å². The second-order valence-electron chi connectivity index (χ2n) is 6.58. The molecule has 0 aromatic heterocycles. The Hall–Kier alpha value is -2.49. The van der Waals surface area contributed by atoms with Crippen molar-refractivity contribution in [3.05, 3.63) is 84.0 Å². The molecule has 0 aliphatic rings. The third-order valence-electron chi connectivity index (χ3n) is 4.87. The lowest BCUT2D eigenvalue weighted by atomic mass is 9.95. The normalized spacial score (nSPS) is 12.7. The van der Waals surface area contributed by atoms with Crippen LogP contribution in [0.4, 0.5) is 0 Å². The van der Waals surface area contributed by atoms with E-state index in [4.69, 9.17) is 16.3 Å². The van der Waals surface area contributed by atoms with Gasteiger partial charge >= 0.3 is 0 Å². The molecule has 2 aromatic rings. The highest BCUT2D eigenvalue weighted by atomic mass is 35.5. The first-order valence-electron chi connectivity index (χ1n) is 9.97. The summed E-state index contributed by atoms with van der Waals surface area (Å²) in [7, 11) is 0. The predicted octanol–water partition coefficient (Wildman–Crippen LogP) is 6.35. The van der Waals surface area contributed by atoms with E-state index in [1.165, 1.54) is 0 Å². The number of phenolic OH excluding ortho intramolecular Hbond substituents is 1. The summed E-state index contributed by atoms with van der Waals surface area (Å²) in [6.45, 7) is 13.8. The van der Waals surface area contributed by atoms with Crippen LogP contribution in [-0.4, -0.2) is 36.2 Å². The highest BCUT2D eigenvalue weighted by Crippen LogP contribution is 2.36. The second-order valence-corrected chi connectivity index (χ2v) is 6.96. The zero-order valence-electron chi connectivity index (χ0n) is 17.5. The van der Waals surface area contributed by atoms with Crippen molar-refractivity contribution in [2.24, 2.45) is 0 Å². The lowest BCUT2D eigenvalue weighted by Crippen LogP contribution is -2.27. The quantitative estimate of drug-likeness (QED) is 0.365. The number of halogens is 1. The van der Waals surface area contributed by atoms with Crippen LogP contribution in [0, 0.1) is 0 Å². The highest BCUT2D eigenvalue weighted by molar-refractivity contribution is 6.53. The van der Waals surface area contributed by atoms with Crippen LogP contribution in [-0.2, 0) is 0 Å². The molecule has 0 saturated heterocycles. The SMILES string of the molecule is C=CC(=CC)C(=C(Cl)c1ccc(O)cc1)c1ccc(OCCN(CC)CC)cc1. The summed E-state index contributed by atoms with van der Waals surface area (Å²) in [6, 6.07) is 14.8. The minimum atomic E-state index is 0.209. The molecule has 0 radical (unpaired) electrons. The molecule has 0 amide bonds. The number of aromatic hydroxyl groups is 1. The summed E-state index contributed by atoms with van der Waals surface area (Å²) >= 11 is 6.77. The van der Waals surface area contributed by atoms with Crippen molar-refractivity contribution in [3.63, 3.8) is 0 Å². The summed E-state index contributed by atoms with van der Waals surface area (Å²) in [5.41, 5.74) is 3.65. The first kappa shape index (κ1) is 22.8. The fraction of sp³-hybridized carbons (Fsp3) is 0.280. The molecule has 3 nitrogen and oxygen atoms in total. The van der Waals surface area contributed by atoms with Gasteiger partial charge in [0.05, 0.1) is 5.03 Å². The number of nitrogens with zero attached hydrogens (tertiary/aromatic N) is 1. The largest absolute Gasteiger partial charge is 0.508 e. The van der Waals surface area contributed by atoms with Crippen LogP contribution in [0.3, 0.4) is 0 Å². The Morgan fingerprint density at radius 2 is 1.62 bits per heavy atom. The molecule has 0 aliphatic heterocycles. The van der Waals surface area contributed by atoms with Gasteiger partial charge in [0.1, 0.15) is 18.1 Å². The molecule has 2 aromatic carbocycles. The van der Waals surface area contributed by atoms with Crippen LogP contribution < -0.4 is 4.74 Å². The van der Waals surface area contributed by atoms with Gasteiger partial charge in [-0.15, -0.1) is 0 Å². The molecule has 2 rings (SSSR count). The van der Waals surface area contributed by atoms with Crippen molar-refractivity contribution in [1.82, 2.24) is 4.90 Å². The molecule has 0 bridgehead atoms. The van der Waals surface area contributed by atoms with Crippen molar-refractivity contribution >= 4 is 22.2 Å². The van der Waals surface area contributed by atoms with E-state index >= 15 is 0 Å². The average molecular weight is 412 g/mol. The van der Waals surface area contributed by atoms with Crippen molar-refractivity contribution < 1.29 is 9.84 Å². The molecule has 0 saturated carbocycles. The molecular formula is C25H30ClNO2. The highest BCUT2D eigenvalue weighted by Gasteiger charge is 2.13. The van der Waals surface area contributed by atoms with E-state index < -0.39 is 0 Å². The van der Waals surface area contributed by atoms with Crippen molar-refractivity contribution in [2.45, 2.75) is 20.8 Å². The van der Waals surface area contributed by atoms with Gasteiger partial charge < -0.3 is 14.7 Å². The zero-order chi connectivity index (χ0) is 21.2.